The van der Waals surface area contributed by atoms with E-state index in [-0.39, 0.29) is 5.91 Å². The van der Waals surface area contributed by atoms with E-state index >= 15 is 0 Å². The van der Waals surface area contributed by atoms with Gasteiger partial charge in [0.15, 0.2) is 5.65 Å². The fourth-order valence-corrected chi connectivity index (χ4v) is 2.78. The first-order valence-corrected chi connectivity index (χ1v) is 11.4. The van der Waals surface area contributed by atoms with Crippen LogP contribution in [0.2, 0.25) is 0 Å². The lowest BCUT2D eigenvalue weighted by Crippen LogP contribution is -2.29. The molecule has 0 aromatic carbocycles. The molecule has 3 heterocycles. The first-order chi connectivity index (χ1) is 16.7. The minimum Gasteiger partial charge on any atom is -0.391 e. The van der Waals surface area contributed by atoms with Gasteiger partial charge in [0.25, 0.3) is 5.91 Å². The van der Waals surface area contributed by atoms with Crippen LogP contribution in [-0.2, 0) is 16.1 Å². The molecule has 2 aromatic heterocycles. The molecule has 2 amide bonds. The van der Waals surface area contributed by atoms with Crippen molar-refractivity contribution in [2.45, 2.75) is 52.7 Å². The number of allylic oxidation sites excluding steroid dienone is 1. The lowest BCUT2D eigenvalue weighted by atomic mass is 10.2. The molecule has 1 aliphatic rings. The van der Waals surface area contributed by atoms with E-state index in [2.05, 4.69) is 23.1 Å². The summed E-state index contributed by atoms with van der Waals surface area (Å²) in [5, 5.41) is 17.3. The third-order valence-corrected chi connectivity index (χ3v) is 4.56. The molecular formula is C25H38N6O4. The van der Waals surface area contributed by atoms with Crippen LogP contribution in [-0.4, -0.2) is 69.3 Å². The van der Waals surface area contributed by atoms with Crippen molar-refractivity contribution in [2.24, 2.45) is 5.73 Å². The van der Waals surface area contributed by atoms with Gasteiger partial charge in [-0.3, -0.25) is 9.59 Å². The van der Waals surface area contributed by atoms with Crippen LogP contribution in [0, 0.1) is 11.3 Å². The Morgan fingerprint density at radius 2 is 2.06 bits per heavy atom. The molecule has 10 nitrogen and oxygen atoms in total. The van der Waals surface area contributed by atoms with Crippen LogP contribution in [0.25, 0.3) is 11.2 Å². The molecule has 0 bridgehead atoms. The molecule has 0 spiro atoms. The van der Waals surface area contributed by atoms with E-state index in [4.69, 9.17) is 15.7 Å². The van der Waals surface area contributed by atoms with Crippen molar-refractivity contribution in [3.63, 3.8) is 0 Å². The third kappa shape index (κ3) is 11.4. The third-order valence-electron chi connectivity index (χ3n) is 4.56. The SMILES string of the molecule is C=C(C)C(N)=O.C=CCC#N.CC.COCCCn1cnc2cc(C(=O)N3CC[C@@H](O)C3)cnc21. The number of carbonyl (C=O) groups excluding carboxylic acids is 2. The number of fused-ring (bicyclic) bond motifs is 1. The number of hydrogen-bond donors (Lipinski definition) is 2. The summed E-state index contributed by atoms with van der Waals surface area (Å²) in [6.07, 6.45) is 6.46. The summed E-state index contributed by atoms with van der Waals surface area (Å²) >= 11 is 0. The Morgan fingerprint density at radius 3 is 2.51 bits per heavy atom. The van der Waals surface area contributed by atoms with E-state index in [0.717, 1.165) is 18.6 Å². The first kappa shape index (κ1) is 31.4. The maximum atomic E-state index is 12.4. The molecule has 0 radical (unpaired) electrons. The number of methoxy groups -OCH3 is 1. The second-order valence-corrected chi connectivity index (χ2v) is 7.34. The van der Waals surface area contributed by atoms with Gasteiger partial charge in [0.1, 0.15) is 5.52 Å². The highest BCUT2D eigenvalue weighted by Crippen LogP contribution is 2.17. The average molecular weight is 487 g/mol. The Labute approximate surface area is 207 Å². The lowest BCUT2D eigenvalue weighted by Gasteiger charge is -2.15. The Morgan fingerprint density at radius 1 is 1.40 bits per heavy atom. The number of nitriles is 1. The topological polar surface area (TPSA) is 147 Å². The molecule has 3 N–H and O–H groups in total. The highest BCUT2D eigenvalue weighted by atomic mass is 16.5. The first-order valence-electron chi connectivity index (χ1n) is 11.4. The van der Waals surface area contributed by atoms with E-state index in [9.17, 15) is 14.7 Å². The molecule has 1 atom stereocenters. The summed E-state index contributed by atoms with van der Waals surface area (Å²) in [4.78, 5) is 32.6. The molecule has 3 rings (SSSR count). The largest absolute Gasteiger partial charge is 0.391 e. The van der Waals surface area contributed by atoms with E-state index in [1.54, 1.807) is 43.6 Å². The smallest absolute Gasteiger partial charge is 0.255 e. The molecule has 1 aliphatic heterocycles. The van der Waals surface area contributed by atoms with Gasteiger partial charge in [0.05, 0.1) is 30.5 Å². The van der Waals surface area contributed by atoms with Gasteiger partial charge in [0, 0.05) is 45.1 Å². The molecular weight excluding hydrogens is 448 g/mol. The number of β-amino-alcohol motifs (C(OH)–C–C–N with tert-alkyl or cyclic N) is 1. The van der Waals surface area contributed by atoms with Crippen molar-refractivity contribution < 1.29 is 19.4 Å². The van der Waals surface area contributed by atoms with Gasteiger partial charge in [-0.25, -0.2) is 9.97 Å². The molecule has 0 saturated carbocycles. The Balaban J connectivity index is 0.000000742. The zero-order valence-corrected chi connectivity index (χ0v) is 21.2. The summed E-state index contributed by atoms with van der Waals surface area (Å²) in [7, 11) is 1.68. The number of ether oxygens (including phenoxy) is 1. The summed E-state index contributed by atoms with van der Waals surface area (Å²) in [5.74, 6) is -0.533. The molecule has 0 aliphatic carbocycles. The summed E-state index contributed by atoms with van der Waals surface area (Å²) in [5.41, 5.74) is 7.10. The number of nitrogens with two attached hydrogens (primary N) is 1. The van der Waals surface area contributed by atoms with Gasteiger partial charge in [0.2, 0.25) is 5.91 Å². The van der Waals surface area contributed by atoms with E-state index in [0.29, 0.717) is 49.2 Å². The molecule has 0 unspecified atom stereocenters. The van der Waals surface area contributed by atoms with Crippen molar-refractivity contribution in [3.05, 3.63) is 49.0 Å². The molecule has 2 aromatic rings. The van der Waals surface area contributed by atoms with Crippen molar-refractivity contribution in [3.8, 4) is 6.07 Å². The number of carbonyl (C=O) groups is 2. The van der Waals surface area contributed by atoms with Crippen LogP contribution < -0.4 is 5.73 Å². The van der Waals surface area contributed by atoms with Gasteiger partial charge >= 0.3 is 0 Å². The summed E-state index contributed by atoms with van der Waals surface area (Å²) in [6, 6.07) is 3.67. The predicted molar refractivity (Wildman–Crippen MR) is 136 cm³/mol. The minimum absolute atomic E-state index is 0.0973. The summed E-state index contributed by atoms with van der Waals surface area (Å²) in [6.45, 7) is 14.6. The Bertz CT molecular complexity index is 983. The van der Waals surface area contributed by atoms with E-state index in [1.165, 1.54) is 0 Å². The minimum atomic E-state index is -0.435. The number of hydrogen-bond acceptors (Lipinski definition) is 7. The molecule has 10 heteroatoms. The maximum Gasteiger partial charge on any atom is 0.255 e. The van der Waals surface area contributed by atoms with Crippen LogP contribution in [0.1, 0.15) is 50.4 Å². The monoisotopic (exact) mass is 486 g/mol. The van der Waals surface area contributed by atoms with E-state index in [1.807, 2.05) is 24.5 Å². The lowest BCUT2D eigenvalue weighted by molar-refractivity contribution is -0.114. The number of aliphatic hydroxyl groups is 1. The summed E-state index contributed by atoms with van der Waals surface area (Å²) < 4.78 is 7.00. The normalized spacial score (nSPS) is 13.7. The van der Waals surface area contributed by atoms with Crippen LogP contribution in [0.4, 0.5) is 0 Å². The van der Waals surface area contributed by atoms with Crippen molar-refractivity contribution in [1.82, 2.24) is 19.4 Å². The Kier molecular flexibility index (Phi) is 16.1. The quantitative estimate of drug-likeness (QED) is 0.347. The highest BCUT2D eigenvalue weighted by molar-refractivity contribution is 5.96. The highest BCUT2D eigenvalue weighted by Gasteiger charge is 2.25. The average Bonchev–Trinajstić information content (AvgIpc) is 3.47. The number of aromatic nitrogens is 3. The van der Waals surface area contributed by atoms with Crippen molar-refractivity contribution >= 4 is 23.0 Å². The predicted octanol–water partition coefficient (Wildman–Crippen LogP) is 2.83. The molecule has 1 saturated heterocycles. The molecule has 1 fully saturated rings. The van der Waals surface area contributed by atoms with Gasteiger partial charge in [-0.1, -0.05) is 26.5 Å². The fourth-order valence-electron chi connectivity index (χ4n) is 2.78. The van der Waals surface area contributed by atoms with Crippen molar-refractivity contribution in [2.75, 3.05) is 26.8 Å². The molecule has 35 heavy (non-hydrogen) atoms. The van der Waals surface area contributed by atoms with Gasteiger partial charge < -0.3 is 25.0 Å². The number of likely N-dealkylation sites (tertiary alicyclic amines) is 1. The zero-order valence-electron chi connectivity index (χ0n) is 21.2. The van der Waals surface area contributed by atoms with Crippen molar-refractivity contribution in [1.29, 1.82) is 5.26 Å². The van der Waals surface area contributed by atoms with Crippen LogP contribution in [0.5, 0.6) is 0 Å². The number of rotatable bonds is 7. The number of amides is 2. The molecule has 192 valence electrons. The number of aliphatic hydroxyl groups excluding tert-OH is 1. The van der Waals surface area contributed by atoms with Crippen LogP contribution >= 0.6 is 0 Å². The van der Waals surface area contributed by atoms with Gasteiger partial charge in [-0.15, -0.1) is 6.58 Å². The van der Waals surface area contributed by atoms with Crippen LogP contribution in [0.3, 0.4) is 0 Å². The number of nitrogens with zero attached hydrogens (tertiary/aromatic N) is 5. The van der Waals surface area contributed by atoms with Gasteiger partial charge in [-0.05, 0) is 25.8 Å². The number of pyridine rings is 1. The maximum absolute atomic E-state index is 12.4. The van der Waals surface area contributed by atoms with Crippen LogP contribution in [0.15, 0.2) is 43.4 Å². The number of primary amides is 1. The number of imidazole rings is 1. The number of aryl methyl sites for hydroxylation is 1. The second-order valence-electron chi connectivity index (χ2n) is 7.34. The second kappa shape index (κ2) is 17.9. The Hall–Kier alpha value is -3.55. The zero-order chi connectivity index (χ0) is 26.8. The standard InChI is InChI=1S/C15H20N4O3.C4H7NO.C4H5N.C2H6/c1-22-6-2-4-19-10-17-13-7-11(8-16-14(13)19)15(21)18-5-3-12(20)9-18;1-3(2)4(5)6;1-2-3-4-5;1-2/h7-8,10,12,20H,2-6,9H2,1H3;1H2,2H3,(H2,5,6);2H,1,3H2;1-2H3/t12-;;;/m1.../s1. The van der Waals surface area contributed by atoms with Gasteiger partial charge in [-0.2, -0.15) is 5.26 Å². The van der Waals surface area contributed by atoms with E-state index < -0.39 is 12.0 Å². The fraction of sp³-hybridized carbons (Fsp3) is 0.480.